The molecule has 0 radical (unpaired) electrons. The Labute approximate surface area is 160 Å². The van der Waals surface area contributed by atoms with E-state index in [1.807, 2.05) is 13.0 Å². The predicted octanol–water partition coefficient (Wildman–Crippen LogP) is 3.98. The number of nitrogens with one attached hydrogen (secondary N) is 1. The maximum atomic E-state index is 12.7. The number of benzene rings is 2. The van der Waals surface area contributed by atoms with Gasteiger partial charge in [0.05, 0.1) is 17.8 Å². The number of hydrogen-bond donors (Lipinski definition) is 1. The van der Waals surface area contributed by atoms with Gasteiger partial charge in [0, 0.05) is 23.0 Å². The van der Waals surface area contributed by atoms with Gasteiger partial charge in [-0.3, -0.25) is 4.79 Å². The summed E-state index contributed by atoms with van der Waals surface area (Å²) >= 11 is 0. The third-order valence-electron chi connectivity index (χ3n) is 3.97. The Kier molecular flexibility index (Phi) is 5.50. The Morgan fingerprint density at radius 3 is 2.54 bits per heavy atom. The van der Waals surface area contributed by atoms with Crippen LogP contribution in [0.1, 0.15) is 27.2 Å². The van der Waals surface area contributed by atoms with E-state index in [1.165, 1.54) is 12.1 Å². The first-order chi connectivity index (χ1) is 13.3. The van der Waals surface area contributed by atoms with E-state index < -0.39 is 11.7 Å². The first-order valence-corrected chi connectivity index (χ1v) is 8.40. The van der Waals surface area contributed by atoms with E-state index in [0.29, 0.717) is 5.56 Å². The molecule has 0 aliphatic heterocycles. The predicted molar refractivity (Wildman–Crippen MR) is 99.0 cm³/mol. The van der Waals surface area contributed by atoms with E-state index in [9.17, 15) is 18.0 Å². The van der Waals surface area contributed by atoms with Crippen LogP contribution in [0, 0.1) is 18.8 Å². The van der Waals surface area contributed by atoms with Gasteiger partial charge in [-0.15, -0.1) is 0 Å². The molecule has 3 aromatic rings. The fourth-order valence-electron chi connectivity index (χ4n) is 2.54. The van der Waals surface area contributed by atoms with Crippen molar-refractivity contribution in [1.29, 1.82) is 0 Å². The van der Waals surface area contributed by atoms with E-state index in [0.717, 1.165) is 23.5 Å². The fraction of sp³-hybridized carbons (Fsp3) is 0.143. The van der Waals surface area contributed by atoms with Crippen LogP contribution in [0.3, 0.4) is 0 Å². The summed E-state index contributed by atoms with van der Waals surface area (Å²) < 4.78 is 39.8. The summed E-state index contributed by atoms with van der Waals surface area (Å²) in [5.41, 5.74) is 1.75. The Morgan fingerprint density at radius 1 is 1.14 bits per heavy atom. The van der Waals surface area contributed by atoms with Crippen molar-refractivity contribution < 1.29 is 18.0 Å². The van der Waals surface area contributed by atoms with E-state index in [-0.39, 0.29) is 18.0 Å². The molecule has 3 rings (SSSR count). The molecule has 0 saturated heterocycles. The largest absolute Gasteiger partial charge is 0.416 e. The molecule has 0 spiro atoms. The van der Waals surface area contributed by atoms with E-state index >= 15 is 0 Å². The summed E-state index contributed by atoms with van der Waals surface area (Å²) in [4.78, 5) is 12.2. The summed E-state index contributed by atoms with van der Waals surface area (Å²) in [5.74, 6) is 4.96. The van der Waals surface area contributed by atoms with Gasteiger partial charge in [0.15, 0.2) is 0 Å². The minimum atomic E-state index is -4.41. The number of alkyl halides is 3. The van der Waals surface area contributed by atoms with Gasteiger partial charge in [-0.25, -0.2) is 4.68 Å². The smallest absolute Gasteiger partial charge is 0.341 e. The first kappa shape index (κ1) is 19.2. The molecule has 142 valence electrons. The van der Waals surface area contributed by atoms with Gasteiger partial charge in [0.25, 0.3) is 5.91 Å². The molecule has 0 aliphatic carbocycles. The van der Waals surface area contributed by atoms with Crippen LogP contribution in [0.5, 0.6) is 0 Å². The van der Waals surface area contributed by atoms with E-state index in [4.69, 9.17) is 0 Å². The second kappa shape index (κ2) is 8.01. The zero-order chi connectivity index (χ0) is 20.1. The van der Waals surface area contributed by atoms with Crippen molar-refractivity contribution in [1.82, 2.24) is 15.1 Å². The van der Waals surface area contributed by atoms with Gasteiger partial charge >= 0.3 is 6.18 Å². The lowest BCUT2D eigenvalue weighted by Crippen LogP contribution is -2.23. The fourth-order valence-corrected chi connectivity index (χ4v) is 2.54. The topological polar surface area (TPSA) is 46.9 Å². The number of aromatic nitrogens is 2. The molecule has 4 nitrogen and oxygen atoms in total. The van der Waals surface area contributed by atoms with Crippen molar-refractivity contribution in [3.05, 3.63) is 83.2 Å². The number of hydrogen-bond acceptors (Lipinski definition) is 2. The average Bonchev–Trinajstić information content (AvgIpc) is 3.11. The summed E-state index contributed by atoms with van der Waals surface area (Å²) in [5, 5.41) is 6.82. The second-order valence-electron chi connectivity index (χ2n) is 5.99. The maximum Gasteiger partial charge on any atom is 0.416 e. The molecule has 2 aromatic carbocycles. The lowest BCUT2D eigenvalue weighted by atomic mass is 10.1. The van der Waals surface area contributed by atoms with Crippen molar-refractivity contribution >= 4 is 5.91 Å². The first-order valence-electron chi connectivity index (χ1n) is 8.40. The summed E-state index contributed by atoms with van der Waals surface area (Å²) in [6, 6.07) is 13.5. The van der Waals surface area contributed by atoms with Crippen LogP contribution >= 0.6 is 0 Å². The lowest BCUT2D eigenvalue weighted by Gasteiger charge is -2.06. The van der Waals surface area contributed by atoms with Gasteiger partial charge < -0.3 is 5.32 Å². The van der Waals surface area contributed by atoms with Crippen LogP contribution < -0.4 is 5.32 Å². The Bertz CT molecular complexity index is 1040. The van der Waals surface area contributed by atoms with Crippen LogP contribution in [-0.2, 0) is 6.18 Å². The molecule has 1 heterocycles. The molecule has 1 amide bonds. The monoisotopic (exact) mass is 383 g/mol. The third-order valence-corrected chi connectivity index (χ3v) is 3.97. The quantitative estimate of drug-likeness (QED) is 0.696. The molecule has 28 heavy (non-hydrogen) atoms. The molecule has 0 bridgehead atoms. The highest BCUT2D eigenvalue weighted by atomic mass is 19.4. The minimum absolute atomic E-state index is 0.0229. The molecule has 0 saturated carbocycles. The number of rotatable bonds is 3. The number of amides is 1. The molecule has 0 atom stereocenters. The number of carbonyl (C=O) groups excluding carboxylic acids is 1. The number of aryl methyl sites for hydroxylation is 1. The molecular formula is C21H16F3N3O. The zero-order valence-corrected chi connectivity index (χ0v) is 14.9. The van der Waals surface area contributed by atoms with Crippen molar-refractivity contribution in [2.24, 2.45) is 0 Å². The molecule has 0 unspecified atom stereocenters. The van der Waals surface area contributed by atoms with Crippen LogP contribution in [0.2, 0.25) is 0 Å². The van der Waals surface area contributed by atoms with Crippen molar-refractivity contribution in [2.45, 2.75) is 13.1 Å². The van der Waals surface area contributed by atoms with E-state index in [2.05, 4.69) is 22.3 Å². The molecule has 0 aliphatic rings. The SMILES string of the molecule is Cc1ccnn1-c1ccc(C(=O)NCC#Cc2cccc(C(F)(F)F)c2)cc1. The summed E-state index contributed by atoms with van der Waals surface area (Å²) in [7, 11) is 0. The van der Waals surface area contributed by atoms with Crippen molar-refractivity contribution in [3.63, 3.8) is 0 Å². The molecule has 0 fully saturated rings. The zero-order valence-electron chi connectivity index (χ0n) is 14.9. The van der Waals surface area contributed by atoms with Crippen LogP contribution in [-0.4, -0.2) is 22.2 Å². The van der Waals surface area contributed by atoms with Gasteiger partial charge in [-0.1, -0.05) is 17.9 Å². The minimum Gasteiger partial charge on any atom is -0.341 e. The highest BCUT2D eigenvalue weighted by Gasteiger charge is 2.30. The Morgan fingerprint density at radius 2 is 1.89 bits per heavy atom. The van der Waals surface area contributed by atoms with Gasteiger partial charge in [-0.05, 0) is 55.5 Å². The highest BCUT2D eigenvalue weighted by Crippen LogP contribution is 2.29. The molecule has 1 N–H and O–H groups in total. The molecular weight excluding hydrogens is 367 g/mol. The number of halogens is 3. The highest BCUT2D eigenvalue weighted by molar-refractivity contribution is 5.94. The summed E-state index contributed by atoms with van der Waals surface area (Å²) in [6.07, 6.45) is -2.72. The van der Waals surface area contributed by atoms with E-state index in [1.54, 1.807) is 35.1 Å². The molecule has 7 heteroatoms. The normalized spacial score (nSPS) is 10.9. The standard InChI is InChI=1S/C21H16F3N3O/c1-15-11-13-26-27(15)19-9-7-17(8-10-19)20(28)25-12-3-5-16-4-2-6-18(14-16)21(22,23)24/h2,4,6-11,13-14H,12H2,1H3,(H,25,28). The summed E-state index contributed by atoms with van der Waals surface area (Å²) in [6.45, 7) is 1.95. The van der Waals surface area contributed by atoms with Crippen molar-refractivity contribution in [3.8, 4) is 17.5 Å². The van der Waals surface area contributed by atoms with Crippen LogP contribution in [0.25, 0.3) is 5.69 Å². The number of carbonyl (C=O) groups is 1. The van der Waals surface area contributed by atoms with Gasteiger partial charge in [-0.2, -0.15) is 18.3 Å². The van der Waals surface area contributed by atoms with Gasteiger partial charge in [0.2, 0.25) is 0 Å². The maximum absolute atomic E-state index is 12.7. The second-order valence-corrected chi connectivity index (χ2v) is 5.99. The Balaban J connectivity index is 1.60. The van der Waals surface area contributed by atoms with Crippen molar-refractivity contribution in [2.75, 3.05) is 6.54 Å². The Hall–Kier alpha value is -3.53. The number of nitrogens with zero attached hydrogens (tertiary/aromatic N) is 2. The van der Waals surface area contributed by atoms with Crippen LogP contribution in [0.4, 0.5) is 13.2 Å². The van der Waals surface area contributed by atoms with Crippen LogP contribution in [0.15, 0.2) is 60.8 Å². The van der Waals surface area contributed by atoms with Gasteiger partial charge in [0.1, 0.15) is 0 Å². The molecule has 1 aromatic heterocycles. The third kappa shape index (κ3) is 4.60. The lowest BCUT2D eigenvalue weighted by molar-refractivity contribution is -0.137. The average molecular weight is 383 g/mol.